The lowest BCUT2D eigenvalue weighted by atomic mass is 10.2. The van der Waals surface area contributed by atoms with Gasteiger partial charge in [0, 0.05) is 12.4 Å². The van der Waals surface area contributed by atoms with Crippen LogP contribution in [0.4, 0.5) is 0 Å². The number of ether oxygens (including phenoxy) is 1. The van der Waals surface area contributed by atoms with Gasteiger partial charge in [-0.15, -0.1) is 0 Å². The van der Waals surface area contributed by atoms with Crippen molar-refractivity contribution in [2.75, 3.05) is 6.61 Å². The van der Waals surface area contributed by atoms with Gasteiger partial charge >= 0.3 is 0 Å². The van der Waals surface area contributed by atoms with Crippen molar-refractivity contribution in [3.05, 3.63) is 47.3 Å². The Morgan fingerprint density at radius 1 is 1.45 bits per heavy atom. The van der Waals surface area contributed by atoms with Crippen LogP contribution in [0.25, 0.3) is 0 Å². The molecule has 1 aromatic carbocycles. The number of aliphatic hydroxyl groups excluding tert-OH is 1. The van der Waals surface area contributed by atoms with Gasteiger partial charge in [-0.05, 0) is 25.3 Å². The van der Waals surface area contributed by atoms with Gasteiger partial charge in [0.25, 0.3) is 0 Å². The third-order valence-electron chi connectivity index (χ3n) is 3.92. The summed E-state index contributed by atoms with van der Waals surface area (Å²) in [5.74, 6) is 0.884. The molecule has 1 fully saturated rings. The Kier molecular flexibility index (Phi) is 5.18. The van der Waals surface area contributed by atoms with Crippen molar-refractivity contribution in [1.29, 1.82) is 0 Å². The molecule has 0 spiro atoms. The molecule has 5 heteroatoms. The van der Waals surface area contributed by atoms with Gasteiger partial charge in [0.15, 0.2) is 5.16 Å². The first kappa shape index (κ1) is 15.6. The van der Waals surface area contributed by atoms with Crippen LogP contribution in [0.15, 0.2) is 35.6 Å². The van der Waals surface area contributed by atoms with Gasteiger partial charge in [0.05, 0.1) is 31.1 Å². The van der Waals surface area contributed by atoms with Gasteiger partial charge in [0.2, 0.25) is 0 Å². The second kappa shape index (κ2) is 7.31. The number of rotatable bonds is 6. The summed E-state index contributed by atoms with van der Waals surface area (Å²) in [6.07, 6.45) is 4.23. The minimum absolute atomic E-state index is 0.0186. The van der Waals surface area contributed by atoms with Crippen LogP contribution < -0.4 is 0 Å². The molecule has 1 atom stereocenters. The molecular formula is C17H22N2O2S. The maximum Gasteiger partial charge on any atom is 0.168 e. The number of hydrogen-bond acceptors (Lipinski definition) is 4. The van der Waals surface area contributed by atoms with Crippen molar-refractivity contribution >= 4 is 11.8 Å². The number of imidazole rings is 1. The summed E-state index contributed by atoms with van der Waals surface area (Å²) in [7, 11) is 0. The summed E-state index contributed by atoms with van der Waals surface area (Å²) in [5, 5.41) is 10.5. The van der Waals surface area contributed by atoms with Crippen molar-refractivity contribution in [3.63, 3.8) is 0 Å². The number of aromatic nitrogens is 2. The van der Waals surface area contributed by atoms with Crippen LogP contribution >= 0.6 is 11.8 Å². The summed E-state index contributed by atoms with van der Waals surface area (Å²) < 4.78 is 7.83. The first-order chi connectivity index (χ1) is 10.8. The van der Waals surface area contributed by atoms with Crippen molar-refractivity contribution in [2.24, 2.45) is 0 Å². The Morgan fingerprint density at radius 2 is 2.36 bits per heavy atom. The molecule has 0 radical (unpaired) electrons. The maximum absolute atomic E-state index is 9.52. The third kappa shape index (κ3) is 3.72. The lowest BCUT2D eigenvalue weighted by molar-refractivity contribution is 0.0930. The molecule has 1 N–H and O–H groups in total. The van der Waals surface area contributed by atoms with Gasteiger partial charge in [-0.25, -0.2) is 4.98 Å². The van der Waals surface area contributed by atoms with Crippen LogP contribution in [0.1, 0.15) is 29.7 Å². The van der Waals surface area contributed by atoms with E-state index >= 15 is 0 Å². The Bertz CT molecular complexity index is 621. The molecule has 1 unspecified atom stereocenters. The predicted octanol–water partition coefficient (Wildman–Crippen LogP) is 3.16. The maximum atomic E-state index is 9.52. The van der Waals surface area contributed by atoms with Gasteiger partial charge in [-0.3, -0.25) is 0 Å². The molecule has 1 aliphatic heterocycles. The highest BCUT2D eigenvalue weighted by Gasteiger charge is 2.19. The largest absolute Gasteiger partial charge is 0.390 e. The van der Waals surface area contributed by atoms with E-state index in [1.165, 1.54) is 11.1 Å². The van der Waals surface area contributed by atoms with Gasteiger partial charge in [-0.2, -0.15) is 0 Å². The first-order valence-electron chi connectivity index (χ1n) is 7.71. The van der Waals surface area contributed by atoms with Gasteiger partial charge in [-0.1, -0.05) is 41.6 Å². The Labute approximate surface area is 135 Å². The molecule has 0 amide bonds. The van der Waals surface area contributed by atoms with Crippen LogP contribution in [0.2, 0.25) is 0 Å². The topological polar surface area (TPSA) is 47.3 Å². The standard InChI is InChI=1S/C17H22N2O2S/c1-13-4-2-5-14(8-13)12-22-17-18-9-15(11-20)19(17)10-16-6-3-7-21-16/h2,4-5,8-9,16,20H,3,6-7,10-12H2,1H3. The second-order valence-corrected chi connectivity index (χ2v) is 6.66. The van der Waals surface area contributed by atoms with Crippen LogP contribution in [-0.2, 0) is 23.6 Å². The first-order valence-corrected chi connectivity index (χ1v) is 8.70. The van der Waals surface area contributed by atoms with Crippen LogP contribution in [0.5, 0.6) is 0 Å². The molecule has 1 aromatic heterocycles. The zero-order valence-electron chi connectivity index (χ0n) is 12.9. The molecule has 2 heterocycles. The highest BCUT2D eigenvalue weighted by Crippen LogP contribution is 2.25. The average molecular weight is 318 g/mol. The molecular weight excluding hydrogens is 296 g/mol. The molecule has 0 aliphatic carbocycles. The molecule has 22 heavy (non-hydrogen) atoms. The zero-order chi connectivity index (χ0) is 15.4. The number of thioether (sulfide) groups is 1. The van der Waals surface area contributed by atoms with Gasteiger partial charge in [0.1, 0.15) is 0 Å². The Hall–Kier alpha value is -1.30. The van der Waals surface area contributed by atoms with E-state index in [1.54, 1.807) is 18.0 Å². The monoisotopic (exact) mass is 318 g/mol. The predicted molar refractivity (Wildman–Crippen MR) is 87.9 cm³/mol. The fraction of sp³-hybridized carbons (Fsp3) is 0.471. The highest BCUT2D eigenvalue weighted by molar-refractivity contribution is 7.98. The minimum atomic E-state index is 0.0186. The van der Waals surface area contributed by atoms with Gasteiger partial charge < -0.3 is 14.4 Å². The normalized spacial score (nSPS) is 18.0. The molecule has 1 aliphatic rings. The van der Waals surface area contributed by atoms with E-state index in [0.29, 0.717) is 0 Å². The molecule has 4 nitrogen and oxygen atoms in total. The number of aliphatic hydroxyl groups is 1. The number of aryl methyl sites for hydroxylation is 1. The van der Waals surface area contributed by atoms with E-state index in [2.05, 4.69) is 40.7 Å². The van der Waals surface area contributed by atoms with E-state index in [9.17, 15) is 5.11 Å². The molecule has 2 aromatic rings. The Morgan fingerprint density at radius 3 is 3.09 bits per heavy atom. The zero-order valence-corrected chi connectivity index (χ0v) is 13.7. The van der Waals surface area contributed by atoms with Crippen molar-refractivity contribution in [3.8, 4) is 0 Å². The lowest BCUT2D eigenvalue weighted by Crippen LogP contribution is -2.17. The summed E-state index contributed by atoms with van der Waals surface area (Å²) in [4.78, 5) is 4.48. The van der Waals surface area contributed by atoms with Crippen LogP contribution in [0, 0.1) is 6.92 Å². The summed E-state index contributed by atoms with van der Waals surface area (Å²) in [6, 6.07) is 8.53. The lowest BCUT2D eigenvalue weighted by Gasteiger charge is -2.15. The van der Waals surface area contributed by atoms with Crippen molar-refractivity contribution in [2.45, 2.75) is 49.9 Å². The second-order valence-electron chi connectivity index (χ2n) is 5.71. The number of benzene rings is 1. The average Bonchev–Trinajstić information content (AvgIpc) is 3.16. The summed E-state index contributed by atoms with van der Waals surface area (Å²) in [5.41, 5.74) is 3.43. The van der Waals surface area contributed by atoms with Crippen molar-refractivity contribution in [1.82, 2.24) is 9.55 Å². The molecule has 0 bridgehead atoms. The number of nitrogens with zero attached hydrogens (tertiary/aromatic N) is 2. The molecule has 0 saturated carbocycles. The van der Waals surface area contributed by atoms with E-state index in [4.69, 9.17) is 4.74 Å². The molecule has 118 valence electrons. The van der Waals surface area contributed by atoms with E-state index in [1.807, 2.05) is 0 Å². The minimum Gasteiger partial charge on any atom is -0.390 e. The molecule has 1 saturated heterocycles. The van der Waals surface area contributed by atoms with E-state index < -0.39 is 0 Å². The highest BCUT2D eigenvalue weighted by atomic mass is 32.2. The quantitative estimate of drug-likeness (QED) is 0.831. The number of hydrogen-bond donors (Lipinski definition) is 1. The van der Waals surface area contributed by atoms with E-state index in [-0.39, 0.29) is 12.7 Å². The summed E-state index contributed by atoms with van der Waals surface area (Å²) >= 11 is 1.71. The van der Waals surface area contributed by atoms with Crippen LogP contribution in [-0.4, -0.2) is 27.4 Å². The van der Waals surface area contributed by atoms with Crippen LogP contribution in [0.3, 0.4) is 0 Å². The third-order valence-corrected chi connectivity index (χ3v) is 4.99. The smallest absolute Gasteiger partial charge is 0.168 e. The SMILES string of the molecule is Cc1cccc(CSc2ncc(CO)n2CC2CCCO2)c1. The fourth-order valence-corrected chi connectivity index (χ4v) is 3.72. The van der Waals surface area contributed by atoms with E-state index in [0.717, 1.165) is 42.6 Å². The Balaban J connectivity index is 1.71. The summed E-state index contributed by atoms with van der Waals surface area (Å²) in [6.45, 7) is 3.76. The molecule has 3 rings (SSSR count). The fourth-order valence-electron chi connectivity index (χ4n) is 2.77. The van der Waals surface area contributed by atoms with Crippen molar-refractivity contribution < 1.29 is 9.84 Å².